The van der Waals surface area contributed by atoms with Gasteiger partial charge in [-0.2, -0.15) is 4.31 Å². The second kappa shape index (κ2) is 9.28. The largest absolute Gasteiger partial charge is 0.497 e. The maximum absolute atomic E-state index is 13.2. The van der Waals surface area contributed by atoms with Crippen LogP contribution in [0.4, 0.5) is 0 Å². The topological polar surface area (TPSA) is 94.3 Å². The molecule has 1 fully saturated rings. The summed E-state index contributed by atoms with van der Waals surface area (Å²) in [6, 6.07) is 12.4. The normalized spacial score (nSPS) is 17.0. The molecule has 0 N–H and O–H groups in total. The fraction of sp³-hybridized carbons (Fsp3) is 0.375. The number of aryl methyl sites for hydroxylation is 1. The van der Waals surface area contributed by atoms with Crippen molar-refractivity contribution in [1.82, 2.24) is 14.2 Å². The third-order valence-corrected chi connectivity index (χ3v) is 7.98. The van der Waals surface area contributed by atoms with Gasteiger partial charge in [0.05, 0.1) is 17.7 Å². The van der Waals surface area contributed by atoms with Gasteiger partial charge in [0.25, 0.3) is 0 Å². The van der Waals surface area contributed by atoms with Gasteiger partial charge in [-0.1, -0.05) is 0 Å². The van der Waals surface area contributed by atoms with Crippen LogP contribution in [0.5, 0.6) is 17.2 Å². The van der Waals surface area contributed by atoms with E-state index in [4.69, 9.17) is 18.6 Å². The van der Waals surface area contributed by atoms with Gasteiger partial charge in [0.1, 0.15) is 24.7 Å². The van der Waals surface area contributed by atoms with Crippen LogP contribution in [0.15, 0.2) is 51.8 Å². The van der Waals surface area contributed by atoms with Gasteiger partial charge in [-0.15, -0.1) is 0 Å². The van der Waals surface area contributed by atoms with Gasteiger partial charge in [-0.05, 0) is 43.3 Å². The highest BCUT2D eigenvalue weighted by Gasteiger charge is 2.30. The molecule has 0 aliphatic carbocycles. The summed E-state index contributed by atoms with van der Waals surface area (Å²) >= 11 is 0. The molecule has 3 heterocycles. The molecule has 3 aromatic rings. The number of rotatable bonds is 6. The van der Waals surface area contributed by atoms with Gasteiger partial charge < -0.3 is 18.6 Å². The second-order valence-corrected chi connectivity index (χ2v) is 10.2. The number of piperazine rings is 1. The standard InChI is InChI=1S/C24H27N3O6S/c1-17-21(25-24(33-17)18-3-5-19(30-2)6-4-18)16-26-9-11-27(12-10-26)34(28,29)20-7-8-22-23(15-20)32-14-13-31-22/h3-8,15H,9-14,16H2,1-2H3. The Morgan fingerprint density at radius 1 is 0.971 bits per heavy atom. The van der Waals surface area contributed by atoms with Crippen LogP contribution < -0.4 is 14.2 Å². The van der Waals surface area contributed by atoms with Crippen LogP contribution in [0.1, 0.15) is 11.5 Å². The quantitative estimate of drug-likeness (QED) is 0.526. The molecule has 2 aliphatic heterocycles. The number of nitrogens with zero attached hydrogens (tertiary/aromatic N) is 3. The van der Waals surface area contributed by atoms with Crippen LogP contribution in [-0.2, 0) is 16.6 Å². The van der Waals surface area contributed by atoms with Crippen molar-refractivity contribution in [3.63, 3.8) is 0 Å². The Balaban J connectivity index is 1.23. The molecular weight excluding hydrogens is 458 g/mol. The highest BCUT2D eigenvalue weighted by atomic mass is 32.2. The SMILES string of the molecule is COc1ccc(-c2nc(CN3CCN(S(=O)(=O)c4ccc5c(c4)OCCO5)CC3)c(C)o2)cc1. The highest BCUT2D eigenvalue weighted by molar-refractivity contribution is 7.89. The third kappa shape index (κ3) is 4.48. The van der Waals surface area contributed by atoms with Crippen molar-refractivity contribution in [3.05, 3.63) is 53.9 Å². The van der Waals surface area contributed by atoms with E-state index in [0.29, 0.717) is 63.3 Å². The van der Waals surface area contributed by atoms with Crippen molar-refractivity contribution in [1.29, 1.82) is 0 Å². The van der Waals surface area contributed by atoms with E-state index in [1.54, 1.807) is 25.3 Å². The molecular formula is C24H27N3O6S. The molecule has 0 spiro atoms. The van der Waals surface area contributed by atoms with Crippen molar-refractivity contribution < 1.29 is 27.0 Å². The molecule has 180 valence electrons. The summed E-state index contributed by atoms with van der Waals surface area (Å²) in [5.74, 6) is 3.15. The van der Waals surface area contributed by atoms with Crippen molar-refractivity contribution in [2.24, 2.45) is 0 Å². The number of aromatic nitrogens is 1. The van der Waals surface area contributed by atoms with Gasteiger partial charge in [0, 0.05) is 44.4 Å². The zero-order valence-corrected chi connectivity index (χ0v) is 20.0. The molecule has 5 rings (SSSR count). The first-order valence-electron chi connectivity index (χ1n) is 11.2. The molecule has 0 saturated carbocycles. The molecule has 2 aliphatic rings. The van der Waals surface area contributed by atoms with Gasteiger partial charge in [0.15, 0.2) is 11.5 Å². The number of oxazole rings is 1. The van der Waals surface area contributed by atoms with Crippen LogP contribution in [-0.4, -0.2) is 69.1 Å². The van der Waals surface area contributed by atoms with E-state index in [0.717, 1.165) is 22.8 Å². The zero-order valence-electron chi connectivity index (χ0n) is 19.2. The van der Waals surface area contributed by atoms with Crippen molar-refractivity contribution in [2.45, 2.75) is 18.4 Å². The number of hydrogen-bond acceptors (Lipinski definition) is 8. The maximum Gasteiger partial charge on any atom is 0.243 e. The summed E-state index contributed by atoms with van der Waals surface area (Å²) in [7, 11) is -1.98. The van der Waals surface area contributed by atoms with Gasteiger partial charge >= 0.3 is 0 Å². The summed E-state index contributed by atoms with van der Waals surface area (Å²) in [4.78, 5) is 7.10. The number of hydrogen-bond donors (Lipinski definition) is 0. The molecule has 0 radical (unpaired) electrons. The molecule has 10 heteroatoms. The lowest BCUT2D eigenvalue weighted by molar-refractivity contribution is 0.170. The van der Waals surface area contributed by atoms with Crippen molar-refractivity contribution >= 4 is 10.0 Å². The lowest BCUT2D eigenvalue weighted by atomic mass is 10.2. The number of sulfonamides is 1. The molecule has 34 heavy (non-hydrogen) atoms. The molecule has 2 aromatic carbocycles. The fourth-order valence-corrected chi connectivity index (χ4v) is 5.54. The molecule has 0 amide bonds. The van der Waals surface area contributed by atoms with E-state index in [2.05, 4.69) is 9.88 Å². The summed E-state index contributed by atoms with van der Waals surface area (Å²) in [5.41, 5.74) is 1.74. The Hall–Kier alpha value is -3.08. The number of fused-ring (bicyclic) bond motifs is 1. The predicted molar refractivity (Wildman–Crippen MR) is 125 cm³/mol. The molecule has 0 bridgehead atoms. The second-order valence-electron chi connectivity index (χ2n) is 8.24. The Morgan fingerprint density at radius 3 is 2.38 bits per heavy atom. The van der Waals surface area contributed by atoms with E-state index in [1.165, 1.54) is 4.31 Å². The number of benzene rings is 2. The molecule has 1 aromatic heterocycles. The lowest BCUT2D eigenvalue weighted by Crippen LogP contribution is -2.48. The minimum absolute atomic E-state index is 0.224. The van der Waals surface area contributed by atoms with E-state index >= 15 is 0 Å². The zero-order chi connectivity index (χ0) is 23.7. The lowest BCUT2D eigenvalue weighted by Gasteiger charge is -2.33. The average molecular weight is 486 g/mol. The van der Waals surface area contributed by atoms with Crippen molar-refractivity contribution in [3.8, 4) is 28.7 Å². The van der Waals surface area contributed by atoms with Crippen LogP contribution in [0.25, 0.3) is 11.5 Å². The van der Waals surface area contributed by atoms with E-state index in [1.807, 2.05) is 31.2 Å². The van der Waals surface area contributed by atoms with Gasteiger partial charge in [-0.3, -0.25) is 4.90 Å². The maximum atomic E-state index is 13.2. The first-order valence-corrected chi connectivity index (χ1v) is 12.6. The average Bonchev–Trinajstić information content (AvgIpc) is 3.24. The van der Waals surface area contributed by atoms with Crippen molar-refractivity contribution in [2.75, 3.05) is 46.5 Å². The first-order chi connectivity index (χ1) is 16.4. The summed E-state index contributed by atoms with van der Waals surface area (Å²) in [6.07, 6.45) is 0. The Kier molecular flexibility index (Phi) is 6.20. The fourth-order valence-electron chi connectivity index (χ4n) is 4.10. The van der Waals surface area contributed by atoms with Crippen LogP contribution in [0.2, 0.25) is 0 Å². The smallest absolute Gasteiger partial charge is 0.243 e. The first kappa shape index (κ1) is 22.7. The summed E-state index contributed by atoms with van der Waals surface area (Å²) < 4.78 is 50.0. The molecule has 9 nitrogen and oxygen atoms in total. The van der Waals surface area contributed by atoms with E-state index in [9.17, 15) is 8.42 Å². The monoisotopic (exact) mass is 485 g/mol. The molecule has 0 unspecified atom stereocenters. The summed E-state index contributed by atoms with van der Waals surface area (Å²) in [5, 5.41) is 0. The molecule has 1 saturated heterocycles. The predicted octanol–water partition coefficient (Wildman–Crippen LogP) is 2.94. The molecule has 0 atom stereocenters. The van der Waals surface area contributed by atoms with Gasteiger partial charge in [0.2, 0.25) is 15.9 Å². The minimum atomic E-state index is -3.61. The number of ether oxygens (including phenoxy) is 3. The summed E-state index contributed by atoms with van der Waals surface area (Å²) in [6.45, 7) is 5.39. The van der Waals surface area contributed by atoms with E-state index in [-0.39, 0.29) is 4.90 Å². The van der Waals surface area contributed by atoms with E-state index < -0.39 is 10.0 Å². The Morgan fingerprint density at radius 2 is 1.68 bits per heavy atom. The minimum Gasteiger partial charge on any atom is -0.497 e. The van der Waals surface area contributed by atoms with Crippen LogP contribution >= 0.6 is 0 Å². The Bertz CT molecular complexity index is 1260. The number of methoxy groups -OCH3 is 1. The van der Waals surface area contributed by atoms with Crippen LogP contribution in [0.3, 0.4) is 0 Å². The van der Waals surface area contributed by atoms with Gasteiger partial charge in [-0.25, -0.2) is 13.4 Å². The highest BCUT2D eigenvalue weighted by Crippen LogP contribution is 2.33. The Labute approximate surface area is 198 Å². The third-order valence-electron chi connectivity index (χ3n) is 6.09. The van der Waals surface area contributed by atoms with Crippen LogP contribution in [0, 0.1) is 6.92 Å².